The second-order valence-electron chi connectivity index (χ2n) is 5.97. The Kier molecular flexibility index (Phi) is 3.15. The van der Waals surface area contributed by atoms with E-state index in [4.69, 9.17) is 0 Å². The quantitative estimate of drug-likeness (QED) is 0.614. The predicted molar refractivity (Wildman–Crippen MR) is 77.2 cm³/mol. The van der Waals surface area contributed by atoms with Gasteiger partial charge >= 0.3 is 0 Å². The molecule has 0 aromatic heterocycles. The lowest BCUT2D eigenvalue weighted by Gasteiger charge is -2.32. The van der Waals surface area contributed by atoms with E-state index in [1.807, 2.05) is 0 Å². The number of rotatable bonds is 0. The molecule has 1 nitrogen and oxygen atoms in total. The second-order valence-corrected chi connectivity index (χ2v) is 5.97. The Balaban J connectivity index is 1.96. The molecule has 0 saturated heterocycles. The Morgan fingerprint density at radius 2 is 1.94 bits per heavy atom. The Morgan fingerprint density at radius 3 is 2.83 bits per heavy atom. The minimum Gasteiger partial charge on any atom is -0.373 e. The fraction of sp³-hybridized carbons (Fsp3) is 0.529. The van der Waals surface area contributed by atoms with Gasteiger partial charge in [-0.1, -0.05) is 31.2 Å². The lowest BCUT2D eigenvalue weighted by Crippen LogP contribution is -2.26. The number of hydrogen-bond donors (Lipinski definition) is 0. The van der Waals surface area contributed by atoms with Gasteiger partial charge in [0, 0.05) is 19.3 Å². The predicted octanol–water partition coefficient (Wildman–Crippen LogP) is 4.21. The van der Waals surface area contributed by atoms with Gasteiger partial charge < -0.3 is 4.90 Å². The van der Waals surface area contributed by atoms with E-state index < -0.39 is 0 Å². The van der Waals surface area contributed by atoms with Crippen molar-refractivity contribution in [2.75, 3.05) is 13.6 Å². The summed E-state index contributed by atoms with van der Waals surface area (Å²) in [5, 5.41) is 0. The van der Waals surface area contributed by atoms with Gasteiger partial charge in [0.1, 0.15) is 0 Å². The van der Waals surface area contributed by atoms with Crippen molar-refractivity contribution in [3.05, 3.63) is 46.7 Å². The highest BCUT2D eigenvalue weighted by atomic mass is 15.1. The van der Waals surface area contributed by atoms with Crippen LogP contribution in [0.15, 0.2) is 46.7 Å². The van der Waals surface area contributed by atoms with Crippen molar-refractivity contribution in [2.24, 2.45) is 5.92 Å². The van der Waals surface area contributed by atoms with Crippen LogP contribution in [0.5, 0.6) is 0 Å². The van der Waals surface area contributed by atoms with Crippen LogP contribution in [-0.2, 0) is 0 Å². The Morgan fingerprint density at radius 1 is 1.11 bits per heavy atom. The van der Waals surface area contributed by atoms with Gasteiger partial charge in [-0.15, -0.1) is 0 Å². The van der Waals surface area contributed by atoms with Crippen LogP contribution in [0.1, 0.15) is 39.0 Å². The van der Waals surface area contributed by atoms with Crippen LogP contribution in [0, 0.1) is 5.92 Å². The zero-order valence-corrected chi connectivity index (χ0v) is 11.6. The molecule has 0 saturated carbocycles. The van der Waals surface area contributed by atoms with E-state index in [9.17, 15) is 0 Å². The summed E-state index contributed by atoms with van der Waals surface area (Å²) in [6, 6.07) is 0. The highest BCUT2D eigenvalue weighted by Gasteiger charge is 2.20. The summed E-state index contributed by atoms with van der Waals surface area (Å²) in [6.07, 6.45) is 15.9. The first-order valence-corrected chi connectivity index (χ1v) is 7.25. The lowest BCUT2D eigenvalue weighted by molar-refractivity contribution is 0.401. The molecule has 0 amide bonds. The van der Waals surface area contributed by atoms with Crippen LogP contribution in [0.2, 0.25) is 0 Å². The van der Waals surface area contributed by atoms with Crippen molar-refractivity contribution in [2.45, 2.75) is 39.0 Å². The summed E-state index contributed by atoms with van der Waals surface area (Å²) >= 11 is 0. The Bertz CT molecular complexity index is 462. The van der Waals surface area contributed by atoms with Crippen molar-refractivity contribution >= 4 is 0 Å². The fourth-order valence-electron chi connectivity index (χ4n) is 3.33. The molecule has 0 aromatic rings. The molecular formula is C17H23N. The van der Waals surface area contributed by atoms with E-state index in [0.717, 1.165) is 6.54 Å². The highest BCUT2D eigenvalue weighted by molar-refractivity contribution is 5.44. The van der Waals surface area contributed by atoms with Crippen LogP contribution in [-0.4, -0.2) is 18.5 Å². The molecule has 0 aromatic carbocycles. The molecule has 0 fully saturated rings. The zero-order valence-electron chi connectivity index (χ0n) is 11.6. The van der Waals surface area contributed by atoms with E-state index in [1.165, 1.54) is 43.4 Å². The average molecular weight is 241 g/mol. The number of allylic oxidation sites excluding steroid dienone is 7. The summed E-state index contributed by atoms with van der Waals surface area (Å²) < 4.78 is 0. The molecule has 18 heavy (non-hydrogen) atoms. The van der Waals surface area contributed by atoms with E-state index in [-0.39, 0.29) is 0 Å². The largest absolute Gasteiger partial charge is 0.373 e. The maximum absolute atomic E-state index is 2.49. The van der Waals surface area contributed by atoms with Crippen LogP contribution in [0.4, 0.5) is 0 Å². The molecular weight excluding hydrogens is 218 g/mol. The van der Waals surface area contributed by atoms with Gasteiger partial charge in [0.15, 0.2) is 0 Å². The number of hydrogen-bond acceptors (Lipinski definition) is 1. The van der Waals surface area contributed by atoms with Crippen molar-refractivity contribution in [3.8, 4) is 0 Å². The van der Waals surface area contributed by atoms with Gasteiger partial charge in [-0.2, -0.15) is 0 Å². The summed E-state index contributed by atoms with van der Waals surface area (Å²) in [4.78, 5) is 2.49. The molecule has 3 aliphatic rings. The summed E-state index contributed by atoms with van der Waals surface area (Å²) in [6.45, 7) is 3.45. The van der Waals surface area contributed by atoms with Gasteiger partial charge in [-0.25, -0.2) is 0 Å². The normalized spacial score (nSPS) is 29.7. The molecule has 0 spiro atoms. The molecule has 1 atom stereocenters. The molecule has 96 valence electrons. The van der Waals surface area contributed by atoms with Gasteiger partial charge in [0.25, 0.3) is 0 Å². The van der Waals surface area contributed by atoms with Crippen LogP contribution >= 0.6 is 0 Å². The molecule has 0 unspecified atom stereocenters. The van der Waals surface area contributed by atoms with E-state index >= 15 is 0 Å². The summed E-state index contributed by atoms with van der Waals surface area (Å²) in [7, 11) is 2.26. The first kappa shape index (κ1) is 11.8. The van der Waals surface area contributed by atoms with Crippen LogP contribution in [0.3, 0.4) is 0 Å². The van der Waals surface area contributed by atoms with Gasteiger partial charge in [-0.3, -0.25) is 0 Å². The van der Waals surface area contributed by atoms with E-state index in [0.29, 0.717) is 5.92 Å². The molecule has 1 aliphatic heterocycles. The van der Waals surface area contributed by atoms with E-state index in [2.05, 4.69) is 43.2 Å². The third-order valence-electron chi connectivity index (χ3n) is 4.43. The summed E-state index contributed by atoms with van der Waals surface area (Å²) in [5.41, 5.74) is 6.23. The minimum absolute atomic E-state index is 0.679. The minimum atomic E-state index is 0.679. The van der Waals surface area contributed by atoms with Crippen LogP contribution in [0.25, 0.3) is 0 Å². The maximum Gasteiger partial charge on any atom is 0.0388 e. The number of nitrogens with zero attached hydrogens (tertiary/aromatic N) is 1. The lowest BCUT2D eigenvalue weighted by atomic mass is 9.87. The molecule has 1 heteroatoms. The Labute approximate surface area is 111 Å². The number of likely N-dealkylation sites (N-methyl/N-ethyl adjacent to an activating group) is 1. The second kappa shape index (κ2) is 4.79. The van der Waals surface area contributed by atoms with Crippen molar-refractivity contribution < 1.29 is 0 Å². The molecule has 0 radical (unpaired) electrons. The first-order chi connectivity index (χ1) is 8.74. The molecule has 3 rings (SSSR count). The monoisotopic (exact) mass is 241 g/mol. The van der Waals surface area contributed by atoms with E-state index in [1.54, 1.807) is 11.1 Å². The highest BCUT2D eigenvalue weighted by Crippen LogP contribution is 2.33. The SMILES string of the molecule is C[C@H]1C=CC2=C(C1)N(C)CC1=C(/C=C\2)CCCC1. The maximum atomic E-state index is 2.49. The van der Waals surface area contributed by atoms with Gasteiger partial charge in [0.2, 0.25) is 0 Å². The third-order valence-corrected chi connectivity index (χ3v) is 4.43. The molecule has 2 aliphatic carbocycles. The Hall–Kier alpha value is -1.24. The molecule has 1 heterocycles. The fourth-order valence-corrected chi connectivity index (χ4v) is 3.33. The third kappa shape index (κ3) is 2.19. The zero-order chi connectivity index (χ0) is 12.5. The summed E-state index contributed by atoms with van der Waals surface area (Å²) in [5.74, 6) is 0.679. The topological polar surface area (TPSA) is 3.24 Å². The molecule has 0 bridgehead atoms. The molecule has 0 N–H and O–H groups in total. The van der Waals surface area contributed by atoms with Gasteiger partial charge in [-0.05, 0) is 54.7 Å². The van der Waals surface area contributed by atoms with Crippen LogP contribution < -0.4 is 0 Å². The smallest absolute Gasteiger partial charge is 0.0388 e. The standard InChI is InChI=1S/C17H23N/c1-13-7-8-15-10-9-14-5-3-4-6-16(14)12-18(2)17(15)11-13/h7-10,13H,3-6,11-12H2,1-2H3/b10-9-/t13-/m0/s1. The first-order valence-electron chi connectivity index (χ1n) is 7.25. The average Bonchev–Trinajstić information content (AvgIpc) is 2.37. The van der Waals surface area contributed by atoms with Crippen molar-refractivity contribution in [1.29, 1.82) is 0 Å². The van der Waals surface area contributed by atoms with Crippen molar-refractivity contribution in [3.63, 3.8) is 0 Å². The van der Waals surface area contributed by atoms with Crippen molar-refractivity contribution in [1.82, 2.24) is 4.90 Å². The van der Waals surface area contributed by atoms with Gasteiger partial charge in [0.05, 0.1) is 0 Å².